The predicted molar refractivity (Wildman–Crippen MR) is 91.5 cm³/mol. The van der Waals surface area contributed by atoms with E-state index in [1.165, 1.54) is 31.2 Å². The zero-order valence-corrected chi connectivity index (χ0v) is 12.9. The van der Waals surface area contributed by atoms with E-state index in [1.807, 2.05) is 0 Å². The number of rotatable bonds is 5. The maximum absolute atomic E-state index is 11.9. The van der Waals surface area contributed by atoms with E-state index in [0.29, 0.717) is 16.9 Å². The Morgan fingerprint density at radius 1 is 1.04 bits per heavy atom. The molecule has 0 radical (unpaired) electrons. The molecule has 0 bridgehead atoms. The van der Waals surface area contributed by atoms with Gasteiger partial charge in [-0.25, -0.2) is 0 Å². The van der Waals surface area contributed by atoms with Crippen molar-refractivity contribution in [2.24, 2.45) is 0 Å². The molecule has 0 aliphatic rings. The maximum atomic E-state index is 11.9. The molecule has 7 nitrogen and oxygen atoms in total. The number of carbonyl (C=O) groups is 2. The van der Waals surface area contributed by atoms with E-state index in [9.17, 15) is 19.7 Å². The Labute approximate surface area is 138 Å². The monoisotopic (exact) mass is 325 g/mol. The summed E-state index contributed by atoms with van der Waals surface area (Å²) in [6.07, 6.45) is 2.77. The maximum Gasteiger partial charge on any atom is 0.270 e. The molecule has 0 heterocycles. The lowest BCUT2D eigenvalue weighted by Crippen LogP contribution is -2.09. The van der Waals surface area contributed by atoms with Gasteiger partial charge in [-0.3, -0.25) is 19.7 Å². The number of nitro benzene ring substituents is 1. The van der Waals surface area contributed by atoms with Gasteiger partial charge >= 0.3 is 0 Å². The number of nitro groups is 1. The summed E-state index contributed by atoms with van der Waals surface area (Å²) in [6.45, 7) is 1.40. The van der Waals surface area contributed by atoms with Crippen LogP contribution in [0.2, 0.25) is 0 Å². The number of nitrogens with zero attached hydrogens (tertiary/aromatic N) is 1. The van der Waals surface area contributed by atoms with E-state index in [-0.39, 0.29) is 17.5 Å². The van der Waals surface area contributed by atoms with Gasteiger partial charge in [0.1, 0.15) is 0 Å². The molecule has 0 unspecified atom stereocenters. The van der Waals surface area contributed by atoms with E-state index < -0.39 is 4.92 Å². The Morgan fingerprint density at radius 3 is 2.38 bits per heavy atom. The lowest BCUT2D eigenvalue weighted by Gasteiger charge is -2.06. The van der Waals surface area contributed by atoms with Gasteiger partial charge in [0.2, 0.25) is 11.8 Å². The molecule has 0 aliphatic carbocycles. The third kappa shape index (κ3) is 5.06. The smallest absolute Gasteiger partial charge is 0.270 e. The molecule has 24 heavy (non-hydrogen) atoms. The minimum atomic E-state index is -0.495. The lowest BCUT2D eigenvalue weighted by atomic mass is 10.2. The van der Waals surface area contributed by atoms with E-state index in [1.54, 1.807) is 36.4 Å². The van der Waals surface area contributed by atoms with Gasteiger partial charge in [0, 0.05) is 36.5 Å². The summed E-state index contributed by atoms with van der Waals surface area (Å²) in [6, 6.07) is 12.7. The van der Waals surface area contributed by atoms with Crippen molar-refractivity contribution in [2.45, 2.75) is 6.92 Å². The number of nitrogens with one attached hydrogen (secondary N) is 2. The van der Waals surface area contributed by atoms with Crippen molar-refractivity contribution in [3.63, 3.8) is 0 Å². The van der Waals surface area contributed by atoms with Gasteiger partial charge in [-0.15, -0.1) is 0 Å². The van der Waals surface area contributed by atoms with Crippen molar-refractivity contribution in [3.8, 4) is 0 Å². The van der Waals surface area contributed by atoms with Crippen molar-refractivity contribution in [1.29, 1.82) is 0 Å². The standard InChI is InChI=1S/C17H15N3O4/c1-12(21)18-14-5-3-6-15(11-14)19-17(22)9-8-13-4-2-7-16(10-13)20(23)24/h2-11H,1H3,(H,18,21)(H,19,22)/b9-8+. The van der Waals surface area contributed by atoms with Crippen LogP contribution in [0.25, 0.3) is 6.08 Å². The molecule has 2 rings (SSSR count). The molecule has 0 saturated carbocycles. The van der Waals surface area contributed by atoms with Crippen LogP contribution in [0.3, 0.4) is 0 Å². The Bertz CT molecular complexity index is 815. The molecule has 122 valence electrons. The summed E-state index contributed by atoms with van der Waals surface area (Å²) in [7, 11) is 0. The van der Waals surface area contributed by atoms with E-state index >= 15 is 0 Å². The molecule has 2 aromatic rings. The summed E-state index contributed by atoms with van der Waals surface area (Å²) in [5, 5.41) is 16.0. The molecule has 2 aromatic carbocycles. The molecule has 0 saturated heterocycles. The number of anilines is 2. The van der Waals surface area contributed by atoms with Crippen molar-refractivity contribution in [1.82, 2.24) is 0 Å². The number of hydrogen-bond donors (Lipinski definition) is 2. The highest BCUT2D eigenvalue weighted by molar-refractivity contribution is 6.02. The molecular weight excluding hydrogens is 310 g/mol. The quantitative estimate of drug-likeness (QED) is 0.500. The third-order valence-corrected chi connectivity index (χ3v) is 2.96. The van der Waals surface area contributed by atoms with Crippen LogP contribution >= 0.6 is 0 Å². The minimum Gasteiger partial charge on any atom is -0.326 e. The van der Waals surface area contributed by atoms with Crippen molar-refractivity contribution in [3.05, 3.63) is 70.3 Å². The SMILES string of the molecule is CC(=O)Nc1cccc(NC(=O)/C=C/c2cccc([N+](=O)[O-])c2)c1. The number of non-ortho nitro benzene ring substituents is 1. The fourth-order valence-electron chi connectivity index (χ4n) is 1.98. The average molecular weight is 325 g/mol. The van der Waals surface area contributed by atoms with Gasteiger partial charge < -0.3 is 10.6 Å². The zero-order chi connectivity index (χ0) is 17.5. The second kappa shape index (κ2) is 7.68. The second-order valence-corrected chi connectivity index (χ2v) is 4.94. The first kappa shape index (κ1) is 16.9. The largest absolute Gasteiger partial charge is 0.326 e. The highest BCUT2D eigenvalue weighted by Gasteiger charge is 2.04. The molecule has 0 spiro atoms. The number of amides is 2. The minimum absolute atomic E-state index is 0.0411. The first-order valence-corrected chi connectivity index (χ1v) is 7.05. The van der Waals surface area contributed by atoms with E-state index in [0.717, 1.165) is 0 Å². The fourth-order valence-corrected chi connectivity index (χ4v) is 1.98. The molecule has 0 aromatic heterocycles. The van der Waals surface area contributed by atoms with Crippen molar-refractivity contribution >= 4 is 35.0 Å². The van der Waals surface area contributed by atoms with Crippen LogP contribution in [0.4, 0.5) is 17.1 Å². The predicted octanol–water partition coefficient (Wildman–Crippen LogP) is 3.21. The Morgan fingerprint density at radius 2 is 1.71 bits per heavy atom. The van der Waals surface area contributed by atoms with Crippen LogP contribution in [0.5, 0.6) is 0 Å². The Hall–Kier alpha value is -3.48. The fraction of sp³-hybridized carbons (Fsp3) is 0.0588. The summed E-state index contributed by atoms with van der Waals surface area (Å²) in [4.78, 5) is 33.2. The average Bonchev–Trinajstić information content (AvgIpc) is 2.53. The van der Waals surface area contributed by atoms with E-state index in [4.69, 9.17) is 0 Å². The first-order valence-electron chi connectivity index (χ1n) is 7.05. The van der Waals surface area contributed by atoms with Gasteiger partial charge in [0.05, 0.1) is 4.92 Å². The number of hydrogen-bond acceptors (Lipinski definition) is 4. The summed E-state index contributed by atoms with van der Waals surface area (Å²) >= 11 is 0. The van der Waals surface area contributed by atoms with Gasteiger partial charge in [0.25, 0.3) is 5.69 Å². The van der Waals surface area contributed by atoms with Crippen LogP contribution in [0, 0.1) is 10.1 Å². The third-order valence-electron chi connectivity index (χ3n) is 2.96. The van der Waals surface area contributed by atoms with Gasteiger partial charge in [-0.2, -0.15) is 0 Å². The van der Waals surface area contributed by atoms with Crippen LogP contribution < -0.4 is 10.6 Å². The Kier molecular flexibility index (Phi) is 5.40. The molecule has 7 heteroatoms. The topological polar surface area (TPSA) is 101 Å². The molecular formula is C17H15N3O4. The van der Waals surface area contributed by atoms with Crippen LogP contribution in [-0.2, 0) is 9.59 Å². The molecule has 2 N–H and O–H groups in total. The first-order chi connectivity index (χ1) is 11.4. The lowest BCUT2D eigenvalue weighted by molar-refractivity contribution is -0.384. The molecule has 0 atom stereocenters. The van der Waals surface area contributed by atoms with Crippen molar-refractivity contribution < 1.29 is 14.5 Å². The number of benzene rings is 2. The van der Waals surface area contributed by atoms with Gasteiger partial charge in [-0.05, 0) is 29.8 Å². The molecule has 0 aliphatic heterocycles. The van der Waals surface area contributed by atoms with E-state index in [2.05, 4.69) is 10.6 Å². The normalized spacial score (nSPS) is 10.4. The second-order valence-electron chi connectivity index (χ2n) is 4.94. The Balaban J connectivity index is 2.04. The van der Waals surface area contributed by atoms with Crippen LogP contribution in [0.15, 0.2) is 54.6 Å². The van der Waals surface area contributed by atoms with Crippen molar-refractivity contribution in [2.75, 3.05) is 10.6 Å². The van der Waals surface area contributed by atoms with Crippen LogP contribution in [-0.4, -0.2) is 16.7 Å². The summed E-state index contributed by atoms with van der Waals surface area (Å²) in [5.41, 5.74) is 1.60. The number of carbonyl (C=O) groups excluding carboxylic acids is 2. The van der Waals surface area contributed by atoms with Crippen LogP contribution in [0.1, 0.15) is 12.5 Å². The zero-order valence-electron chi connectivity index (χ0n) is 12.9. The highest BCUT2D eigenvalue weighted by Crippen LogP contribution is 2.16. The highest BCUT2D eigenvalue weighted by atomic mass is 16.6. The van der Waals surface area contributed by atoms with Gasteiger partial charge in [-0.1, -0.05) is 18.2 Å². The summed E-state index contributed by atoms with van der Waals surface area (Å²) in [5.74, 6) is -0.592. The molecule has 0 fully saturated rings. The molecule has 2 amide bonds. The van der Waals surface area contributed by atoms with Gasteiger partial charge in [0.15, 0.2) is 0 Å². The summed E-state index contributed by atoms with van der Waals surface area (Å²) < 4.78 is 0.